The van der Waals surface area contributed by atoms with Crippen LogP contribution in [0.2, 0.25) is 0 Å². The minimum absolute atomic E-state index is 0. The van der Waals surface area contributed by atoms with E-state index in [1.165, 1.54) is 0 Å². The Labute approximate surface area is 129 Å². The largest absolute Gasteiger partial charge is 0.372 e. The average Bonchev–Trinajstić information content (AvgIpc) is 2.44. The third kappa shape index (κ3) is 7.05. The molecule has 1 aliphatic rings. The summed E-state index contributed by atoms with van der Waals surface area (Å²) in [6.07, 6.45) is 1.98. The molecule has 1 N–H and O–H groups in total. The lowest BCUT2D eigenvalue weighted by molar-refractivity contribution is -0.126. The van der Waals surface area contributed by atoms with Crippen molar-refractivity contribution in [1.82, 2.24) is 10.2 Å². The van der Waals surface area contributed by atoms with E-state index in [9.17, 15) is 9.59 Å². The fraction of sp³-hybridized carbons (Fsp3) is 0.875. The van der Waals surface area contributed by atoms with Gasteiger partial charge in [-0.05, 0) is 12.8 Å². The number of carbonyl (C=O) groups excluding carboxylic acids is 2. The second-order valence-electron chi connectivity index (χ2n) is 6.45. The minimum Gasteiger partial charge on any atom is -0.372 e. The Morgan fingerprint density at radius 1 is 1.19 bits per heavy atom. The summed E-state index contributed by atoms with van der Waals surface area (Å²) in [6, 6.07) is 0.305. The van der Waals surface area contributed by atoms with Crippen molar-refractivity contribution in [2.24, 2.45) is 11.8 Å². The number of ketones is 1. The molecule has 1 amide bonds. The number of likely N-dealkylation sites (tertiary alicyclic amines) is 1. The minimum atomic E-state index is 0. The summed E-state index contributed by atoms with van der Waals surface area (Å²) in [5, 5.41) is 3.09. The van der Waals surface area contributed by atoms with E-state index in [1.807, 2.05) is 27.7 Å². The molecule has 5 heteroatoms. The van der Waals surface area contributed by atoms with Crippen LogP contribution in [-0.4, -0.2) is 55.5 Å². The summed E-state index contributed by atoms with van der Waals surface area (Å²) in [6.45, 7) is 11.2. The maximum absolute atomic E-state index is 11.6. The summed E-state index contributed by atoms with van der Waals surface area (Å²) >= 11 is 0. The molecule has 0 atom stereocenters. The summed E-state index contributed by atoms with van der Waals surface area (Å²) in [5.74, 6) is 0.398. The first-order valence-electron chi connectivity index (χ1n) is 8.03. The number of ether oxygens (including phenoxy) is 1. The van der Waals surface area contributed by atoms with Crippen LogP contribution in [0.25, 0.3) is 0 Å². The molecular weight excluding hydrogens is 268 g/mol. The highest BCUT2D eigenvalue weighted by molar-refractivity contribution is 5.81. The third-order valence-electron chi connectivity index (χ3n) is 3.90. The highest BCUT2D eigenvalue weighted by Gasteiger charge is 2.21. The number of nitrogens with one attached hydrogen (secondary N) is 1. The molecule has 0 aromatic rings. The van der Waals surface area contributed by atoms with Crippen molar-refractivity contribution < 1.29 is 15.8 Å². The zero-order valence-electron chi connectivity index (χ0n) is 13.9. The number of amides is 1. The normalized spacial score (nSPS) is 17.4. The van der Waals surface area contributed by atoms with Crippen molar-refractivity contribution in [3.8, 4) is 0 Å². The van der Waals surface area contributed by atoms with Crippen molar-refractivity contribution in [3.63, 3.8) is 0 Å². The number of piperidine rings is 1. The first kappa shape index (κ1) is 18.1. The van der Waals surface area contributed by atoms with E-state index in [4.69, 9.17) is 4.74 Å². The summed E-state index contributed by atoms with van der Waals surface area (Å²) in [7, 11) is 0. The van der Waals surface area contributed by atoms with Crippen LogP contribution < -0.4 is 5.32 Å². The van der Waals surface area contributed by atoms with Gasteiger partial charge in [-0.15, -0.1) is 0 Å². The molecule has 0 aromatic heterocycles. The van der Waals surface area contributed by atoms with Crippen LogP contribution in [0.3, 0.4) is 0 Å². The van der Waals surface area contributed by atoms with Gasteiger partial charge in [0.2, 0.25) is 5.91 Å². The van der Waals surface area contributed by atoms with Gasteiger partial charge in [-0.1, -0.05) is 27.7 Å². The number of rotatable bonds is 8. The molecule has 21 heavy (non-hydrogen) atoms. The average molecular weight is 300 g/mol. The Kier molecular flexibility index (Phi) is 7.89. The number of hydrogen-bond acceptors (Lipinski definition) is 4. The molecule has 1 fully saturated rings. The lowest BCUT2D eigenvalue weighted by atomic mass is 10.0. The van der Waals surface area contributed by atoms with E-state index in [-0.39, 0.29) is 31.6 Å². The quantitative estimate of drug-likeness (QED) is 0.693. The standard InChI is InChI=1S/C16H30N2O3.H2/c1-12(2)15(19)11-21-10-9-18-7-5-14(6-8-18)17-16(20)13(3)4;/h12-14H,5-11H2,1-4H3,(H,17,20);1H. The number of nitrogens with zero attached hydrogens (tertiary/aromatic N) is 1. The van der Waals surface area contributed by atoms with Gasteiger partial charge in [0.05, 0.1) is 6.61 Å². The van der Waals surface area contributed by atoms with Crippen LogP contribution in [0, 0.1) is 11.8 Å². The topological polar surface area (TPSA) is 58.6 Å². The second kappa shape index (κ2) is 9.15. The smallest absolute Gasteiger partial charge is 0.222 e. The van der Waals surface area contributed by atoms with Crippen molar-refractivity contribution in [3.05, 3.63) is 0 Å². The molecule has 1 rings (SSSR count). The Hall–Kier alpha value is -0.940. The summed E-state index contributed by atoms with van der Waals surface area (Å²) in [4.78, 5) is 25.4. The summed E-state index contributed by atoms with van der Waals surface area (Å²) < 4.78 is 5.42. The maximum atomic E-state index is 11.6. The van der Waals surface area contributed by atoms with Gasteiger partial charge in [0.1, 0.15) is 6.61 Å². The maximum Gasteiger partial charge on any atom is 0.222 e. The molecule has 0 saturated carbocycles. The first-order chi connectivity index (χ1) is 9.90. The van der Waals surface area contributed by atoms with Gasteiger partial charge in [0.25, 0.3) is 0 Å². The van der Waals surface area contributed by atoms with Crippen LogP contribution in [0.15, 0.2) is 0 Å². The van der Waals surface area contributed by atoms with E-state index in [0.717, 1.165) is 32.5 Å². The molecule has 0 radical (unpaired) electrons. The van der Waals surface area contributed by atoms with E-state index in [1.54, 1.807) is 0 Å². The van der Waals surface area contributed by atoms with E-state index in [0.29, 0.717) is 12.6 Å². The number of Topliss-reactive ketones (excluding diaryl/α,β-unsaturated/α-hetero) is 1. The molecule has 1 aliphatic heterocycles. The molecule has 0 unspecified atom stereocenters. The van der Waals surface area contributed by atoms with Crippen molar-refractivity contribution in [1.29, 1.82) is 0 Å². The van der Waals surface area contributed by atoms with E-state index < -0.39 is 0 Å². The van der Waals surface area contributed by atoms with Gasteiger partial charge in [-0.2, -0.15) is 0 Å². The molecule has 5 nitrogen and oxygen atoms in total. The van der Waals surface area contributed by atoms with Gasteiger partial charge >= 0.3 is 0 Å². The number of carbonyl (C=O) groups is 2. The third-order valence-corrected chi connectivity index (χ3v) is 3.90. The lowest BCUT2D eigenvalue weighted by Gasteiger charge is -2.32. The highest BCUT2D eigenvalue weighted by Crippen LogP contribution is 2.10. The SMILES string of the molecule is CC(C)C(=O)COCCN1CCC(NC(=O)C(C)C)CC1.[HH]. The summed E-state index contributed by atoms with van der Waals surface area (Å²) in [5.41, 5.74) is 0. The van der Waals surface area contributed by atoms with Gasteiger partial charge in [-0.3, -0.25) is 9.59 Å². The zero-order valence-corrected chi connectivity index (χ0v) is 13.9. The molecule has 0 spiro atoms. The number of hydrogen-bond donors (Lipinski definition) is 1. The molecule has 0 bridgehead atoms. The molecule has 0 aromatic carbocycles. The predicted octanol–water partition coefficient (Wildman–Crippen LogP) is 1.71. The van der Waals surface area contributed by atoms with Crippen molar-refractivity contribution in [2.45, 2.75) is 46.6 Å². The predicted molar refractivity (Wildman–Crippen MR) is 85.2 cm³/mol. The molecule has 124 valence electrons. The van der Waals surface area contributed by atoms with Crippen molar-refractivity contribution in [2.75, 3.05) is 32.8 Å². The molecule has 1 heterocycles. The van der Waals surface area contributed by atoms with Crippen LogP contribution in [0.5, 0.6) is 0 Å². The first-order valence-corrected chi connectivity index (χ1v) is 8.03. The second-order valence-corrected chi connectivity index (χ2v) is 6.45. The van der Waals surface area contributed by atoms with E-state index >= 15 is 0 Å². The Bertz CT molecular complexity index is 338. The Morgan fingerprint density at radius 3 is 2.33 bits per heavy atom. The Morgan fingerprint density at radius 2 is 1.81 bits per heavy atom. The molecular formula is C16H32N2O3. The van der Waals surface area contributed by atoms with E-state index in [2.05, 4.69) is 10.2 Å². The Balaban J connectivity index is 0.00000441. The highest BCUT2D eigenvalue weighted by atomic mass is 16.5. The lowest BCUT2D eigenvalue weighted by Crippen LogP contribution is -2.46. The monoisotopic (exact) mass is 300 g/mol. The fourth-order valence-electron chi connectivity index (χ4n) is 2.20. The van der Waals surface area contributed by atoms with Gasteiger partial charge in [-0.25, -0.2) is 0 Å². The van der Waals surface area contributed by atoms with Crippen LogP contribution in [0.4, 0.5) is 0 Å². The van der Waals surface area contributed by atoms with Gasteiger partial charge in [0.15, 0.2) is 5.78 Å². The zero-order chi connectivity index (χ0) is 15.8. The van der Waals surface area contributed by atoms with Gasteiger partial charge in [0, 0.05) is 38.9 Å². The van der Waals surface area contributed by atoms with Crippen LogP contribution in [0.1, 0.15) is 42.0 Å². The molecule has 1 saturated heterocycles. The van der Waals surface area contributed by atoms with Crippen LogP contribution >= 0.6 is 0 Å². The molecule has 0 aliphatic carbocycles. The fourth-order valence-corrected chi connectivity index (χ4v) is 2.20. The van der Waals surface area contributed by atoms with Crippen LogP contribution in [-0.2, 0) is 14.3 Å². The van der Waals surface area contributed by atoms with Gasteiger partial charge < -0.3 is 15.0 Å². The van der Waals surface area contributed by atoms with Crippen molar-refractivity contribution >= 4 is 11.7 Å².